The Bertz CT molecular complexity index is 698. The number of pyridine rings is 1. The van der Waals surface area contributed by atoms with Gasteiger partial charge in [0.1, 0.15) is 5.69 Å². The second-order valence-corrected chi connectivity index (χ2v) is 6.16. The number of hydrogen-bond donors (Lipinski definition) is 1. The fourth-order valence-electron chi connectivity index (χ4n) is 3.13. The first-order chi connectivity index (χ1) is 12.2. The highest BCUT2D eigenvalue weighted by atomic mass is 16.5. The molecule has 3 rings (SSSR count). The van der Waals surface area contributed by atoms with Gasteiger partial charge < -0.3 is 10.1 Å². The molecule has 3 heterocycles. The molecular weight excluding hydrogens is 318 g/mol. The van der Waals surface area contributed by atoms with E-state index >= 15 is 0 Å². The lowest BCUT2D eigenvalue weighted by molar-refractivity contribution is 0.0927. The van der Waals surface area contributed by atoms with E-state index in [-0.39, 0.29) is 11.9 Å². The van der Waals surface area contributed by atoms with Gasteiger partial charge in [0.2, 0.25) is 5.88 Å². The van der Waals surface area contributed by atoms with Crippen molar-refractivity contribution in [2.24, 2.45) is 0 Å². The molecule has 0 unspecified atom stereocenters. The topological polar surface area (TPSA) is 72.3 Å². The molecule has 1 aliphatic heterocycles. The van der Waals surface area contributed by atoms with Gasteiger partial charge in [0.25, 0.3) is 5.91 Å². The zero-order valence-electron chi connectivity index (χ0n) is 14.8. The van der Waals surface area contributed by atoms with Crippen molar-refractivity contribution < 1.29 is 9.53 Å². The van der Waals surface area contributed by atoms with Gasteiger partial charge in [0, 0.05) is 50.7 Å². The minimum atomic E-state index is -0.0473. The van der Waals surface area contributed by atoms with E-state index in [2.05, 4.69) is 20.3 Å². The molecule has 25 heavy (non-hydrogen) atoms. The van der Waals surface area contributed by atoms with Crippen LogP contribution in [-0.2, 0) is 13.1 Å². The maximum absolute atomic E-state index is 12.4. The van der Waals surface area contributed by atoms with Gasteiger partial charge in [-0.15, -0.1) is 0 Å². The molecule has 7 heteroatoms. The van der Waals surface area contributed by atoms with Crippen LogP contribution in [0.15, 0.2) is 30.6 Å². The van der Waals surface area contributed by atoms with Crippen molar-refractivity contribution in [2.75, 3.05) is 19.7 Å². The maximum atomic E-state index is 12.4. The third-order valence-corrected chi connectivity index (χ3v) is 4.35. The molecule has 0 bridgehead atoms. The Labute approximate surface area is 148 Å². The van der Waals surface area contributed by atoms with Crippen LogP contribution in [0.5, 0.6) is 5.88 Å². The summed E-state index contributed by atoms with van der Waals surface area (Å²) >= 11 is 0. The Balaban J connectivity index is 1.50. The zero-order chi connectivity index (χ0) is 17.6. The van der Waals surface area contributed by atoms with Crippen molar-refractivity contribution in [3.63, 3.8) is 0 Å². The summed E-state index contributed by atoms with van der Waals surface area (Å²) < 4.78 is 7.08. The van der Waals surface area contributed by atoms with E-state index in [0.29, 0.717) is 24.7 Å². The van der Waals surface area contributed by atoms with E-state index in [9.17, 15) is 4.79 Å². The predicted molar refractivity (Wildman–Crippen MR) is 94.5 cm³/mol. The molecule has 2 aromatic rings. The number of nitrogens with zero attached hydrogens (tertiary/aromatic N) is 4. The number of amides is 1. The van der Waals surface area contributed by atoms with E-state index in [4.69, 9.17) is 4.74 Å². The molecule has 1 saturated heterocycles. The van der Waals surface area contributed by atoms with Crippen LogP contribution < -0.4 is 10.1 Å². The van der Waals surface area contributed by atoms with Crippen LogP contribution in [0.4, 0.5) is 0 Å². The number of hydrogen-bond acceptors (Lipinski definition) is 5. The van der Waals surface area contributed by atoms with Gasteiger partial charge in [-0.05, 0) is 31.9 Å². The summed E-state index contributed by atoms with van der Waals surface area (Å²) in [6, 6.07) is 5.88. The highest BCUT2D eigenvalue weighted by molar-refractivity contribution is 5.92. The Morgan fingerprint density at radius 3 is 2.96 bits per heavy atom. The molecule has 2 aromatic heterocycles. The average molecular weight is 343 g/mol. The quantitative estimate of drug-likeness (QED) is 0.828. The summed E-state index contributed by atoms with van der Waals surface area (Å²) in [5, 5.41) is 7.27. The fraction of sp³-hybridized carbons (Fsp3) is 0.500. The van der Waals surface area contributed by atoms with Crippen molar-refractivity contribution in [2.45, 2.75) is 39.4 Å². The first-order valence-electron chi connectivity index (χ1n) is 8.82. The summed E-state index contributed by atoms with van der Waals surface area (Å²) in [4.78, 5) is 19.0. The van der Waals surface area contributed by atoms with Crippen molar-refractivity contribution in [3.05, 3.63) is 41.9 Å². The Kier molecular flexibility index (Phi) is 5.65. The van der Waals surface area contributed by atoms with E-state index in [0.717, 1.165) is 31.6 Å². The van der Waals surface area contributed by atoms with Gasteiger partial charge in [-0.3, -0.25) is 14.4 Å². The number of likely N-dealkylation sites (tertiary alicyclic amines) is 1. The molecular formula is C18H25N5O2. The monoisotopic (exact) mass is 343 g/mol. The van der Waals surface area contributed by atoms with Crippen molar-refractivity contribution in [3.8, 4) is 5.88 Å². The number of carbonyl (C=O) groups excluding carboxylic acids is 1. The van der Waals surface area contributed by atoms with Crippen LogP contribution in [0, 0.1) is 0 Å². The highest BCUT2D eigenvalue weighted by Crippen LogP contribution is 2.15. The lowest BCUT2D eigenvalue weighted by Gasteiger charge is -2.17. The Morgan fingerprint density at radius 2 is 2.24 bits per heavy atom. The largest absolute Gasteiger partial charge is 0.478 e. The molecule has 0 spiro atoms. The number of ether oxygens (including phenoxy) is 1. The average Bonchev–Trinajstić information content (AvgIpc) is 3.26. The minimum Gasteiger partial charge on any atom is -0.478 e. The van der Waals surface area contributed by atoms with E-state index in [1.807, 2.05) is 32.2 Å². The lowest BCUT2D eigenvalue weighted by atomic mass is 10.2. The summed E-state index contributed by atoms with van der Waals surface area (Å²) in [5.41, 5.74) is 1.77. The number of nitrogens with one attached hydrogen (secondary N) is 1. The van der Waals surface area contributed by atoms with Gasteiger partial charge in [-0.25, -0.2) is 4.98 Å². The fourth-order valence-corrected chi connectivity index (χ4v) is 3.13. The minimum absolute atomic E-state index is 0.0473. The first kappa shape index (κ1) is 17.4. The number of rotatable bonds is 7. The van der Waals surface area contributed by atoms with Crippen LogP contribution in [0.1, 0.15) is 36.3 Å². The third-order valence-electron chi connectivity index (χ3n) is 4.35. The zero-order valence-corrected chi connectivity index (χ0v) is 14.8. The SMILES string of the molecule is CCOc1ccc(CN2CC[C@@H](NC(=O)c3ccnn3CC)C2)cn1. The van der Waals surface area contributed by atoms with Crippen LogP contribution in [0.25, 0.3) is 0 Å². The van der Waals surface area contributed by atoms with Crippen molar-refractivity contribution >= 4 is 5.91 Å². The van der Waals surface area contributed by atoms with Gasteiger partial charge in [-0.1, -0.05) is 6.07 Å². The van der Waals surface area contributed by atoms with Crippen LogP contribution >= 0.6 is 0 Å². The molecule has 1 fully saturated rings. The molecule has 0 aliphatic carbocycles. The standard InChI is InChI=1S/C18H25N5O2/c1-3-23-16(7-9-20-23)18(24)21-15-8-10-22(13-15)12-14-5-6-17(19-11-14)25-4-2/h5-7,9,11,15H,3-4,8,10,12-13H2,1-2H3,(H,21,24)/t15-/m1/s1. The highest BCUT2D eigenvalue weighted by Gasteiger charge is 2.25. The smallest absolute Gasteiger partial charge is 0.269 e. The van der Waals surface area contributed by atoms with E-state index in [1.165, 1.54) is 0 Å². The van der Waals surface area contributed by atoms with Crippen LogP contribution in [-0.4, -0.2) is 51.3 Å². The Morgan fingerprint density at radius 1 is 1.36 bits per heavy atom. The lowest BCUT2D eigenvalue weighted by Crippen LogP contribution is -2.38. The molecule has 0 saturated carbocycles. The molecule has 0 radical (unpaired) electrons. The molecule has 1 aliphatic rings. The van der Waals surface area contributed by atoms with Gasteiger partial charge >= 0.3 is 0 Å². The third kappa shape index (κ3) is 4.36. The number of aryl methyl sites for hydroxylation is 1. The van der Waals surface area contributed by atoms with Crippen LogP contribution in [0.2, 0.25) is 0 Å². The number of carbonyl (C=O) groups is 1. The van der Waals surface area contributed by atoms with Gasteiger partial charge in [0.05, 0.1) is 6.61 Å². The second-order valence-electron chi connectivity index (χ2n) is 6.16. The summed E-state index contributed by atoms with van der Waals surface area (Å²) in [6.45, 7) is 7.88. The van der Waals surface area contributed by atoms with Crippen molar-refractivity contribution in [1.29, 1.82) is 0 Å². The second kappa shape index (κ2) is 8.11. The van der Waals surface area contributed by atoms with Gasteiger partial charge in [0.15, 0.2) is 0 Å². The molecule has 1 amide bonds. The van der Waals surface area contributed by atoms with E-state index in [1.54, 1.807) is 16.9 Å². The molecule has 0 aromatic carbocycles. The van der Waals surface area contributed by atoms with Crippen molar-refractivity contribution in [1.82, 2.24) is 25.0 Å². The molecule has 1 atom stereocenters. The summed E-state index contributed by atoms with van der Waals surface area (Å²) in [7, 11) is 0. The molecule has 7 nitrogen and oxygen atoms in total. The van der Waals surface area contributed by atoms with Crippen LogP contribution in [0.3, 0.4) is 0 Å². The Hall–Kier alpha value is -2.41. The number of aromatic nitrogens is 3. The maximum Gasteiger partial charge on any atom is 0.269 e. The summed E-state index contributed by atoms with van der Waals surface area (Å²) in [5.74, 6) is 0.610. The normalized spacial score (nSPS) is 17.6. The molecule has 134 valence electrons. The van der Waals surface area contributed by atoms with E-state index < -0.39 is 0 Å². The van der Waals surface area contributed by atoms with Gasteiger partial charge in [-0.2, -0.15) is 5.10 Å². The first-order valence-corrected chi connectivity index (χ1v) is 8.82. The predicted octanol–water partition coefficient (Wildman–Crippen LogP) is 1.70. The summed E-state index contributed by atoms with van der Waals surface area (Å²) in [6.07, 6.45) is 4.48. The molecule has 1 N–H and O–H groups in total.